The predicted molar refractivity (Wildman–Crippen MR) is 103 cm³/mol. The maximum atomic E-state index is 12.9. The maximum Gasteiger partial charge on any atom is 0.272 e. The highest BCUT2D eigenvalue weighted by atomic mass is 16.2. The normalized spacial score (nSPS) is 20.6. The molecule has 0 spiro atoms. The number of hydrogen-bond donors (Lipinski definition) is 0. The van der Waals surface area contributed by atoms with Gasteiger partial charge in [0.2, 0.25) is 11.9 Å². The van der Waals surface area contributed by atoms with Gasteiger partial charge in [0.25, 0.3) is 5.91 Å². The van der Waals surface area contributed by atoms with Gasteiger partial charge in [-0.15, -0.1) is 0 Å². The molecule has 2 fully saturated rings. The van der Waals surface area contributed by atoms with Crippen LogP contribution in [0.4, 0.5) is 11.9 Å². The number of aromatic nitrogens is 4. The first kappa shape index (κ1) is 17.6. The molecule has 0 aromatic carbocycles. The summed E-state index contributed by atoms with van der Waals surface area (Å²) >= 11 is 0. The van der Waals surface area contributed by atoms with Crippen molar-refractivity contribution in [2.24, 2.45) is 5.92 Å². The Labute approximate surface area is 159 Å². The van der Waals surface area contributed by atoms with Crippen LogP contribution in [0.2, 0.25) is 0 Å². The Bertz CT molecular complexity index is 777. The second-order valence-electron chi connectivity index (χ2n) is 7.26. The zero-order valence-corrected chi connectivity index (χ0v) is 15.7. The summed E-state index contributed by atoms with van der Waals surface area (Å²) in [6, 6.07) is 3.52. The second-order valence-corrected chi connectivity index (χ2v) is 7.26. The topological polar surface area (TPSA) is 78.4 Å². The van der Waals surface area contributed by atoms with Crippen LogP contribution in [0.5, 0.6) is 0 Å². The molecule has 0 saturated carbocycles. The van der Waals surface area contributed by atoms with Crippen LogP contribution in [-0.2, 0) is 0 Å². The highest BCUT2D eigenvalue weighted by Gasteiger charge is 2.25. The summed E-state index contributed by atoms with van der Waals surface area (Å²) in [5.41, 5.74) is 0.475. The van der Waals surface area contributed by atoms with Crippen molar-refractivity contribution < 1.29 is 4.79 Å². The van der Waals surface area contributed by atoms with Gasteiger partial charge >= 0.3 is 0 Å². The first-order valence-electron chi connectivity index (χ1n) is 9.60. The van der Waals surface area contributed by atoms with E-state index in [2.05, 4.69) is 36.7 Å². The van der Waals surface area contributed by atoms with Gasteiger partial charge in [0, 0.05) is 57.9 Å². The molecule has 1 unspecified atom stereocenters. The molecule has 2 aliphatic rings. The summed E-state index contributed by atoms with van der Waals surface area (Å²) in [6.07, 6.45) is 7.56. The quantitative estimate of drug-likeness (QED) is 0.813. The molecule has 0 N–H and O–H groups in total. The van der Waals surface area contributed by atoms with Gasteiger partial charge in [-0.25, -0.2) is 19.9 Å². The largest absolute Gasteiger partial charge is 0.341 e. The van der Waals surface area contributed by atoms with E-state index < -0.39 is 0 Å². The van der Waals surface area contributed by atoms with Gasteiger partial charge in [0.15, 0.2) is 0 Å². The number of rotatable bonds is 3. The minimum atomic E-state index is -0.0302. The maximum absolute atomic E-state index is 12.9. The summed E-state index contributed by atoms with van der Waals surface area (Å²) in [5, 5.41) is 0. The van der Waals surface area contributed by atoms with Gasteiger partial charge in [-0.2, -0.15) is 0 Å². The Morgan fingerprint density at radius 3 is 2.44 bits per heavy atom. The van der Waals surface area contributed by atoms with E-state index in [4.69, 9.17) is 0 Å². The van der Waals surface area contributed by atoms with E-state index in [0.717, 1.165) is 32.6 Å². The van der Waals surface area contributed by atoms with Gasteiger partial charge in [-0.3, -0.25) is 4.79 Å². The third-order valence-corrected chi connectivity index (χ3v) is 5.20. The average Bonchev–Trinajstić information content (AvgIpc) is 2.74. The van der Waals surface area contributed by atoms with Crippen LogP contribution in [0, 0.1) is 5.92 Å². The first-order valence-corrected chi connectivity index (χ1v) is 9.60. The number of nitrogens with zero attached hydrogens (tertiary/aromatic N) is 7. The number of carbonyl (C=O) groups is 1. The van der Waals surface area contributed by atoms with E-state index in [1.54, 1.807) is 30.7 Å². The number of piperazine rings is 1. The van der Waals surface area contributed by atoms with E-state index in [9.17, 15) is 4.79 Å². The fourth-order valence-electron chi connectivity index (χ4n) is 3.72. The molecule has 4 rings (SSSR count). The van der Waals surface area contributed by atoms with Crippen LogP contribution in [-0.4, -0.2) is 70.0 Å². The summed E-state index contributed by atoms with van der Waals surface area (Å²) < 4.78 is 0. The van der Waals surface area contributed by atoms with Crippen molar-refractivity contribution in [3.63, 3.8) is 0 Å². The predicted octanol–water partition coefficient (Wildman–Crippen LogP) is 1.47. The molecule has 142 valence electrons. The van der Waals surface area contributed by atoms with Gasteiger partial charge in [-0.1, -0.05) is 6.92 Å². The SMILES string of the molecule is CC1CCCN(c2nccc(C(=O)N3CCN(c4ncccn4)CC3)n2)C1. The Hall–Kier alpha value is -2.77. The Morgan fingerprint density at radius 2 is 1.70 bits per heavy atom. The van der Waals surface area contributed by atoms with Crippen molar-refractivity contribution in [2.45, 2.75) is 19.8 Å². The third kappa shape index (κ3) is 3.99. The van der Waals surface area contributed by atoms with Crippen molar-refractivity contribution in [1.82, 2.24) is 24.8 Å². The minimum Gasteiger partial charge on any atom is -0.341 e. The Kier molecular flexibility index (Phi) is 5.13. The number of piperidine rings is 1. The molecule has 4 heterocycles. The zero-order chi connectivity index (χ0) is 18.6. The summed E-state index contributed by atoms with van der Waals surface area (Å²) in [5.74, 6) is 1.99. The van der Waals surface area contributed by atoms with Gasteiger partial charge in [0.1, 0.15) is 5.69 Å². The summed E-state index contributed by atoms with van der Waals surface area (Å²) in [4.78, 5) is 36.6. The molecule has 0 bridgehead atoms. The fraction of sp³-hybridized carbons (Fsp3) is 0.526. The fourth-order valence-corrected chi connectivity index (χ4v) is 3.72. The lowest BCUT2D eigenvalue weighted by atomic mass is 10.0. The molecular formula is C19H25N7O. The Balaban J connectivity index is 1.41. The van der Waals surface area contributed by atoms with Crippen LogP contribution in [0.1, 0.15) is 30.3 Å². The summed E-state index contributed by atoms with van der Waals surface area (Å²) in [7, 11) is 0. The van der Waals surface area contributed by atoms with Crippen molar-refractivity contribution in [2.75, 3.05) is 49.1 Å². The van der Waals surface area contributed by atoms with Crippen LogP contribution in [0.15, 0.2) is 30.7 Å². The van der Waals surface area contributed by atoms with Crippen molar-refractivity contribution in [3.8, 4) is 0 Å². The van der Waals surface area contributed by atoms with Crippen LogP contribution >= 0.6 is 0 Å². The molecule has 27 heavy (non-hydrogen) atoms. The number of anilines is 2. The average molecular weight is 367 g/mol. The molecule has 2 aromatic rings. The zero-order valence-electron chi connectivity index (χ0n) is 15.7. The number of hydrogen-bond acceptors (Lipinski definition) is 7. The smallest absolute Gasteiger partial charge is 0.272 e. The van der Waals surface area contributed by atoms with Crippen molar-refractivity contribution in [3.05, 3.63) is 36.4 Å². The molecule has 1 atom stereocenters. The van der Waals surface area contributed by atoms with E-state index in [0.29, 0.717) is 36.6 Å². The molecule has 8 heteroatoms. The molecule has 0 radical (unpaired) electrons. The lowest BCUT2D eigenvalue weighted by Gasteiger charge is -2.34. The molecule has 1 amide bonds. The molecular weight excluding hydrogens is 342 g/mol. The van der Waals surface area contributed by atoms with E-state index in [-0.39, 0.29) is 5.91 Å². The highest BCUT2D eigenvalue weighted by molar-refractivity contribution is 5.92. The van der Waals surface area contributed by atoms with Crippen molar-refractivity contribution in [1.29, 1.82) is 0 Å². The Morgan fingerprint density at radius 1 is 0.963 bits per heavy atom. The van der Waals surface area contributed by atoms with Gasteiger partial charge < -0.3 is 14.7 Å². The molecule has 2 saturated heterocycles. The highest BCUT2D eigenvalue weighted by Crippen LogP contribution is 2.20. The summed E-state index contributed by atoms with van der Waals surface area (Å²) in [6.45, 7) is 6.87. The van der Waals surface area contributed by atoms with Crippen molar-refractivity contribution >= 4 is 17.8 Å². The molecule has 2 aromatic heterocycles. The third-order valence-electron chi connectivity index (χ3n) is 5.20. The number of amides is 1. The number of carbonyl (C=O) groups excluding carboxylic acids is 1. The standard InChI is InChI=1S/C19H25N7O/c1-15-4-2-9-26(14-15)19-22-8-5-16(23-19)17(27)24-10-12-25(13-11-24)18-20-6-3-7-21-18/h3,5-8,15H,2,4,9-14H2,1H3. The molecule has 8 nitrogen and oxygen atoms in total. The monoisotopic (exact) mass is 367 g/mol. The van der Waals surface area contributed by atoms with E-state index in [1.165, 1.54) is 6.42 Å². The van der Waals surface area contributed by atoms with Crippen LogP contribution < -0.4 is 9.80 Å². The van der Waals surface area contributed by atoms with Gasteiger partial charge in [0.05, 0.1) is 0 Å². The van der Waals surface area contributed by atoms with Gasteiger partial charge in [-0.05, 0) is 30.9 Å². The van der Waals surface area contributed by atoms with E-state index >= 15 is 0 Å². The molecule has 0 aliphatic carbocycles. The van der Waals surface area contributed by atoms with Crippen LogP contribution in [0.3, 0.4) is 0 Å². The first-order chi connectivity index (χ1) is 13.2. The second kappa shape index (κ2) is 7.85. The lowest BCUT2D eigenvalue weighted by Crippen LogP contribution is -2.49. The lowest BCUT2D eigenvalue weighted by molar-refractivity contribution is 0.0740. The minimum absolute atomic E-state index is 0.0302. The molecule has 2 aliphatic heterocycles. The van der Waals surface area contributed by atoms with Crippen LogP contribution in [0.25, 0.3) is 0 Å². The van der Waals surface area contributed by atoms with E-state index in [1.807, 2.05) is 4.90 Å².